The second-order valence-corrected chi connectivity index (χ2v) is 10.3. The van der Waals surface area contributed by atoms with Gasteiger partial charge in [-0.3, -0.25) is 9.59 Å². The van der Waals surface area contributed by atoms with Gasteiger partial charge in [-0.2, -0.15) is 0 Å². The molecule has 4 heterocycles. The highest BCUT2D eigenvalue weighted by Crippen LogP contribution is 2.47. The highest BCUT2D eigenvalue weighted by Gasteiger charge is 2.31. The van der Waals surface area contributed by atoms with Gasteiger partial charge in [0.15, 0.2) is 17.3 Å². The lowest BCUT2D eigenvalue weighted by atomic mass is 10.0. The van der Waals surface area contributed by atoms with Gasteiger partial charge in [-0.25, -0.2) is 4.39 Å². The number of halogens is 1. The SMILES string of the molecule is O=C(c1cn2c3c(c(NCCN4CCCC4)c(F)cc3c1=O)Oc1ccc3ccccc3c1-2)N1CCOCC1. The summed E-state index contributed by atoms with van der Waals surface area (Å²) in [6, 6.07) is 12.9. The number of nitrogens with zero attached hydrogens (tertiary/aromatic N) is 3. The van der Waals surface area contributed by atoms with Crippen molar-refractivity contribution < 1.29 is 18.7 Å². The molecule has 1 aromatic heterocycles. The summed E-state index contributed by atoms with van der Waals surface area (Å²) < 4.78 is 29.3. The Balaban J connectivity index is 1.43. The van der Waals surface area contributed by atoms with Crippen LogP contribution in [0.3, 0.4) is 0 Å². The lowest BCUT2D eigenvalue weighted by Crippen LogP contribution is -2.42. The molecule has 0 radical (unpaired) electrons. The first kappa shape index (κ1) is 24.1. The van der Waals surface area contributed by atoms with Crippen molar-refractivity contribution in [3.8, 4) is 17.2 Å². The molecule has 2 saturated heterocycles. The molecule has 3 aliphatic heterocycles. The zero-order valence-electron chi connectivity index (χ0n) is 21.5. The summed E-state index contributed by atoms with van der Waals surface area (Å²) in [7, 11) is 0. The summed E-state index contributed by atoms with van der Waals surface area (Å²) >= 11 is 0. The van der Waals surface area contributed by atoms with E-state index in [9.17, 15) is 9.59 Å². The van der Waals surface area contributed by atoms with Crippen molar-refractivity contribution in [1.29, 1.82) is 0 Å². The molecule has 0 saturated carbocycles. The van der Waals surface area contributed by atoms with Crippen LogP contribution < -0.4 is 15.5 Å². The van der Waals surface area contributed by atoms with Crippen molar-refractivity contribution in [2.75, 3.05) is 57.8 Å². The summed E-state index contributed by atoms with van der Waals surface area (Å²) in [5, 5.41) is 5.25. The normalized spacial score (nSPS) is 16.9. The number of carbonyl (C=O) groups excluding carboxylic acids is 1. The van der Waals surface area contributed by atoms with Gasteiger partial charge < -0.3 is 29.2 Å². The predicted octanol–water partition coefficient (Wildman–Crippen LogP) is 4.37. The maximum Gasteiger partial charge on any atom is 0.259 e. The van der Waals surface area contributed by atoms with Gasteiger partial charge in [-0.15, -0.1) is 0 Å². The molecule has 3 aliphatic rings. The van der Waals surface area contributed by atoms with Gasteiger partial charge in [0.05, 0.1) is 24.3 Å². The summed E-state index contributed by atoms with van der Waals surface area (Å²) in [5.74, 6) is -0.166. The Morgan fingerprint density at radius 3 is 2.62 bits per heavy atom. The summed E-state index contributed by atoms with van der Waals surface area (Å²) in [4.78, 5) is 31.3. The molecule has 0 unspecified atom stereocenters. The van der Waals surface area contributed by atoms with E-state index in [0.29, 0.717) is 44.1 Å². The van der Waals surface area contributed by atoms with Crippen molar-refractivity contribution in [3.63, 3.8) is 0 Å². The number of amides is 1. The largest absolute Gasteiger partial charge is 0.451 e. The third kappa shape index (κ3) is 4.04. The van der Waals surface area contributed by atoms with Gasteiger partial charge in [0.25, 0.3) is 5.91 Å². The average molecular weight is 529 g/mol. The number of fused-ring (bicyclic) bond motifs is 4. The smallest absolute Gasteiger partial charge is 0.259 e. The van der Waals surface area contributed by atoms with Gasteiger partial charge in [-0.1, -0.05) is 30.3 Å². The molecule has 200 valence electrons. The number of rotatable bonds is 5. The van der Waals surface area contributed by atoms with Crippen LogP contribution in [0.1, 0.15) is 23.2 Å². The lowest BCUT2D eigenvalue weighted by molar-refractivity contribution is 0.0302. The molecule has 7 rings (SSSR count). The quantitative estimate of drug-likeness (QED) is 0.365. The topological polar surface area (TPSA) is 76.0 Å². The van der Waals surface area contributed by atoms with Gasteiger partial charge in [-0.05, 0) is 43.5 Å². The Bertz CT molecular complexity index is 1670. The number of morpholine rings is 1. The lowest BCUT2D eigenvalue weighted by Gasteiger charge is -2.29. The number of aromatic nitrogens is 1. The number of hydrogen-bond donors (Lipinski definition) is 1. The number of benzene rings is 3. The number of ether oxygens (including phenoxy) is 2. The van der Waals surface area contributed by atoms with Crippen molar-refractivity contribution in [2.24, 2.45) is 0 Å². The first-order valence-electron chi connectivity index (χ1n) is 13.6. The first-order valence-corrected chi connectivity index (χ1v) is 13.6. The molecule has 4 aromatic rings. The Morgan fingerprint density at radius 1 is 1.00 bits per heavy atom. The molecule has 3 aromatic carbocycles. The zero-order chi connectivity index (χ0) is 26.5. The number of nitrogens with one attached hydrogen (secondary N) is 1. The maximum absolute atomic E-state index is 15.7. The highest BCUT2D eigenvalue weighted by molar-refractivity contribution is 6.04. The number of hydrogen-bond acceptors (Lipinski definition) is 6. The van der Waals surface area contributed by atoms with Crippen LogP contribution >= 0.6 is 0 Å². The van der Waals surface area contributed by atoms with Crippen LogP contribution in [-0.2, 0) is 4.74 Å². The second kappa shape index (κ2) is 9.66. The van der Waals surface area contributed by atoms with Gasteiger partial charge in [0, 0.05) is 37.8 Å². The monoisotopic (exact) mass is 528 g/mol. The number of pyridine rings is 1. The molecule has 9 heteroatoms. The predicted molar refractivity (Wildman–Crippen MR) is 148 cm³/mol. The van der Waals surface area contributed by atoms with Crippen LogP contribution in [0, 0.1) is 5.82 Å². The van der Waals surface area contributed by atoms with Crippen molar-refractivity contribution in [2.45, 2.75) is 12.8 Å². The summed E-state index contributed by atoms with van der Waals surface area (Å²) in [5.41, 5.74) is 0.892. The minimum Gasteiger partial charge on any atom is -0.451 e. The van der Waals surface area contributed by atoms with Crippen molar-refractivity contribution >= 4 is 33.3 Å². The Kier molecular flexibility index (Phi) is 5.97. The molecule has 8 nitrogen and oxygen atoms in total. The van der Waals surface area contributed by atoms with Crippen LogP contribution in [0.4, 0.5) is 10.1 Å². The Morgan fingerprint density at radius 2 is 1.79 bits per heavy atom. The van der Waals surface area contributed by atoms with E-state index in [1.165, 1.54) is 18.9 Å². The van der Waals surface area contributed by atoms with Gasteiger partial charge >= 0.3 is 0 Å². The van der Waals surface area contributed by atoms with E-state index in [2.05, 4.69) is 10.2 Å². The van der Waals surface area contributed by atoms with E-state index in [-0.39, 0.29) is 28.3 Å². The minimum absolute atomic E-state index is 0.00489. The fraction of sp³-hybridized carbons (Fsp3) is 0.333. The molecule has 1 N–H and O–H groups in total. The minimum atomic E-state index is -0.581. The molecule has 39 heavy (non-hydrogen) atoms. The molecule has 0 spiro atoms. The highest BCUT2D eigenvalue weighted by atomic mass is 19.1. The zero-order valence-corrected chi connectivity index (χ0v) is 21.5. The standard InChI is InChI=1S/C30H29FN4O4/c31-23-17-21-27-29(25(23)32-9-12-33-10-3-4-11-33)39-24-8-7-19-5-1-2-6-20(19)26(24)35(27)18-22(28(21)36)30(37)34-13-15-38-16-14-34/h1-2,5-8,17-18,32H,3-4,9-16H2. The van der Waals surface area contributed by atoms with Crippen LogP contribution in [0.5, 0.6) is 11.5 Å². The first-order chi connectivity index (χ1) is 19.1. The Hall–Kier alpha value is -3.95. The van der Waals surface area contributed by atoms with Crippen LogP contribution in [0.25, 0.3) is 27.4 Å². The van der Waals surface area contributed by atoms with Crippen LogP contribution in [0.2, 0.25) is 0 Å². The van der Waals surface area contributed by atoms with E-state index >= 15 is 4.39 Å². The molecule has 0 bridgehead atoms. The van der Waals surface area contributed by atoms with Crippen molar-refractivity contribution in [1.82, 2.24) is 14.4 Å². The maximum atomic E-state index is 15.7. The third-order valence-electron chi connectivity index (χ3n) is 7.97. The van der Waals surface area contributed by atoms with E-state index in [1.54, 1.807) is 11.1 Å². The Labute approximate surface area is 224 Å². The molecular weight excluding hydrogens is 499 g/mol. The van der Waals surface area contributed by atoms with Gasteiger partial charge in [0.1, 0.15) is 16.8 Å². The molecule has 1 amide bonds. The van der Waals surface area contributed by atoms with Gasteiger partial charge in [0.2, 0.25) is 5.43 Å². The fourth-order valence-corrected chi connectivity index (χ4v) is 5.98. The molecular formula is C30H29FN4O4. The second-order valence-electron chi connectivity index (χ2n) is 10.3. The van der Waals surface area contributed by atoms with E-state index in [1.807, 2.05) is 41.0 Å². The third-order valence-corrected chi connectivity index (χ3v) is 7.97. The molecule has 2 fully saturated rings. The van der Waals surface area contributed by atoms with E-state index in [0.717, 1.165) is 36.1 Å². The summed E-state index contributed by atoms with van der Waals surface area (Å²) in [6.07, 6.45) is 3.97. The van der Waals surface area contributed by atoms with E-state index < -0.39 is 11.2 Å². The number of likely N-dealkylation sites (tertiary alicyclic amines) is 1. The van der Waals surface area contributed by atoms with Crippen LogP contribution in [0.15, 0.2) is 53.5 Å². The fourth-order valence-electron chi connectivity index (χ4n) is 5.98. The number of carbonyl (C=O) groups is 1. The number of anilines is 1. The average Bonchev–Trinajstić information content (AvgIpc) is 3.49. The summed E-state index contributed by atoms with van der Waals surface area (Å²) in [6.45, 7) is 5.06. The molecule has 0 atom stereocenters. The van der Waals surface area contributed by atoms with Crippen molar-refractivity contribution in [3.05, 3.63) is 70.3 Å². The van der Waals surface area contributed by atoms with Crippen LogP contribution in [-0.4, -0.2) is 72.8 Å². The van der Waals surface area contributed by atoms with E-state index in [4.69, 9.17) is 9.47 Å². The molecule has 0 aliphatic carbocycles.